The molecule has 29 heavy (non-hydrogen) atoms. The van der Waals surface area contributed by atoms with Gasteiger partial charge < -0.3 is 14.7 Å². The Kier molecular flexibility index (Phi) is 4.81. The van der Waals surface area contributed by atoms with Crippen molar-refractivity contribution in [3.8, 4) is 0 Å². The first-order chi connectivity index (χ1) is 14.2. The molecule has 0 unspecified atom stereocenters. The Balaban J connectivity index is 1.30. The summed E-state index contributed by atoms with van der Waals surface area (Å²) in [4.78, 5) is 20.7. The van der Waals surface area contributed by atoms with Crippen LogP contribution < -0.4 is 9.80 Å². The molecule has 2 aliphatic heterocycles. The zero-order valence-electron chi connectivity index (χ0n) is 16.2. The van der Waals surface area contributed by atoms with Crippen LogP contribution in [0, 0.1) is 0 Å². The predicted octanol–water partition coefficient (Wildman–Crippen LogP) is 3.02. The monoisotopic (exact) mass is 451 g/mol. The molecule has 0 radical (unpaired) electrons. The minimum atomic E-state index is 0.558. The van der Waals surface area contributed by atoms with Crippen molar-refractivity contribution >= 4 is 38.8 Å². The molecule has 1 fully saturated rings. The van der Waals surface area contributed by atoms with E-state index in [9.17, 15) is 0 Å². The lowest BCUT2D eigenvalue weighted by Crippen LogP contribution is -2.44. The second kappa shape index (κ2) is 7.61. The molecule has 2 aliphatic rings. The van der Waals surface area contributed by atoms with E-state index in [1.165, 1.54) is 0 Å². The number of piperazine rings is 1. The van der Waals surface area contributed by atoms with Crippen molar-refractivity contribution in [2.75, 3.05) is 49.7 Å². The Morgan fingerprint density at radius 2 is 1.83 bits per heavy atom. The van der Waals surface area contributed by atoms with Crippen molar-refractivity contribution in [3.63, 3.8) is 0 Å². The van der Waals surface area contributed by atoms with E-state index in [0.29, 0.717) is 6.67 Å². The number of allylic oxidation sites excluding steroid dienone is 1. The summed E-state index contributed by atoms with van der Waals surface area (Å²) < 4.78 is 3.06. The summed E-state index contributed by atoms with van der Waals surface area (Å²) in [6.45, 7) is 4.76. The molecule has 0 saturated carbocycles. The standard InChI is InChI=1S/C21H22BrN7/c1-26-8-10-27(11-9-26)20-5-3-17(12-23-20)28-7-6-18(25-15-28)19-13-24-21-4-2-16(22)14-29(19)21/h2-7,12-14H,8-11,15H2,1H3. The number of likely N-dealkylation sites (N-methyl/N-ethyl adjacent to an activating group) is 1. The number of halogens is 1. The number of anilines is 2. The molecule has 0 spiro atoms. The van der Waals surface area contributed by atoms with E-state index in [4.69, 9.17) is 4.99 Å². The smallest absolute Gasteiger partial charge is 0.137 e. The number of nitrogens with zero attached hydrogens (tertiary/aromatic N) is 7. The average molecular weight is 452 g/mol. The van der Waals surface area contributed by atoms with Crippen LogP contribution in [-0.2, 0) is 0 Å². The fourth-order valence-corrected chi connectivity index (χ4v) is 4.00. The molecular formula is C21H22BrN7. The fraction of sp³-hybridized carbons (Fsp3) is 0.286. The van der Waals surface area contributed by atoms with Crippen molar-refractivity contribution in [2.24, 2.45) is 4.99 Å². The van der Waals surface area contributed by atoms with Gasteiger partial charge in [-0.05, 0) is 53.3 Å². The number of rotatable bonds is 3. The Bertz CT molecular complexity index is 1080. The van der Waals surface area contributed by atoms with Crippen LogP contribution in [0.3, 0.4) is 0 Å². The first-order valence-corrected chi connectivity index (χ1v) is 10.5. The van der Waals surface area contributed by atoms with E-state index in [1.807, 2.05) is 36.8 Å². The van der Waals surface area contributed by atoms with E-state index >= 15 is 0 Å². The minimum Gasteiger partial charge on any atom is -0.354 e. The molecule has 0 aliphatic carbocycles. The summed E-state index contributed by atoms with van der Waals surface area (Å²) in [6, 6.07) is 8.21. The first kappa shape index (κ1) is 18.3. The predicted molar refractivity (Wildman–Crippen MR) is 120 cm³/mol. The highest BCUT2D eigenvalue weighted by Gasteiger charge is 2.17. The van der Waals surface area contributed by atoms with Gasteiger partial charge in [-0.3, -0.25) is 9.39 Å². The van der Waals surface area contributed by atoms with E-state index in [-0.39, 0.29) is 0 Å². The summed E-state index contributed by atoms with van der Waals surface area (Å²) in [6.07, 6.45) is 9.91. The molecule has 5 heterocycles. The number of hydrogen-bond acceptors (Lipinski definition) is 6. The molecule has 0 N–H and O–H groups in total. The van der Waals surface area contributed by atoms with E-state index in [2.05, 4.69) is 70.4 Å². The molecule has 1 saturated heterocycles. The van der Waals surface area contributed by atoms with Gasteiger partial charge in [0.1, 0.15) is 18.1 Å². The third kappa shape index (κ3) is 3.65. The van der Waals surface area contributed by atoms with Crippen LogP contribution in [0.25, 0.3) is 5.65 Å². The van der Waals surface area contributed by atoms with Crippen molar-refractivity contribution in [2.45, 2.75) is 0 Å². The SMILES string of the molecule is CN1CCN(c2ccc(N3C=CC(c4cnc5ccc(Br)cn45)=NC3)cn2)CC1. The third-order valence-electron chi connectivity index (χ3n) is 5.43. The summed E-state index contributed by atoms with van der Waals surface area (Å²) >= 11 is 3.53. The van der Waals surface area contributed by atoms with Crippen LogP contribution >= 0.6 is 15.9 Å². The van der Waals surface area contributed by atoms with Crippen molar-refractivity contribution in [1.82, 2.24) is 19.3 Å². The molecule has 5 rings (SSSR count). The van der Waals surface area contributed by atoms with Gasteiger partial charge in [0, 0.05) is 43.0 Å². The van der Waals surface area contributed by atoms with Gasteiger partial charge in [-0.15, -0.1) is 0 Å². The normalized spacial score (nSPS) is 17.8. The maximum Gasteiger partial charge on any atom is 0.137 e. The molecule has 0 bridgehead atoms. The first-order valence-electron chi connectivity index (χ1n) is 9.69. The molecule has 0 atom stereocenters. The molecule has 3 aromatic heterocycles. The molecule has 148 valence electrons. The number of imidazole rings is 1. The molecule has 8 heteroatoms. The minimum absolute atomic E-state index is 0.558. The summed E-state index contributed by atoms with van der Waals surface area (Å²) in [5.41, 5.74) is 3.86. The highest BCUT2D eigenvalue weighted by molar-refractivity contribution is 9.10. The van der Waals surface area contributed by atoms with Crippen LogP contribution in [0.1, 0.15) is 5.69 Å². The summed E-state index contributed by atoms with van der Waals surface area (Å²) in [7, 11) is 2.16. The van der Waals surface area contributed by atoms with Crippen LogP contribution in [0.15, 0.2) is 64.6 Å². The number of hydrogen-bond donors (Lipinski definition) is 0. The summed E-state index contributed by atoms with van der Waals surface area (Å²) in [5.74, 6) is 1.04. The van der Waals surface area contributed by atoms with Gasteiger partial charge in [0.25, 0.3) is 0 Å². The molecule has 3 aromatic rings. The fourth-order valence-electron chi connectivity index (χ4n) is 3.66. The Labute approximate surface area is 178 Å². The number of aromatic nitrogens is 3. The number of pyridine rings is 2. The molecule has 7 nitrogen and oxygen atoms in total. The highest BCUT2D eigenvalue weighted by atomic mass is 79.9. The Morgan fingerprint density at radius 1 is 0.966 bits per heavy atom. The average Bonchev–Trinajstić information content (AvgIpc) is 3.18. The second-order valence-corrected chi connectivity index (χ2v) is 8.27. The maximum atomic E-state index is 4.77. The highest BCUT2D eigenvalue weighted by Crippen LogP contribution is 2.22. The van der Waals surface area contributed by atoms with Gasteiger partial charge in [-0.25, -0.2) is 9.97 Å². The lowest BCUT2D eigenvalue weighted by Gasteiger charge is -2.33. The van der Waals surface area contributed by atoms with E-state index in [0.717, 1.165) is 59.2 Å². The molecule has 0 aromatic carbocycles. The lowest BCUT2D eigenvalue weighted by molar-refractivity contribution is 0.312. The molecular weight excluding hydrogens is 430 g/mol. The van der Waals surface area contributed by atoms with Gasteiger partial charge in [0.2, 0.25) is 0 Å². The van der Waals surface area contributed by atoms with Gasteiger partial charge in [0.05, 0.1) is 29.5 Å². The van der Waals surface area contributed by atoms with E-state index < -0.39 is 0 Å². The quantitative estimate of drug-likeness (QED) is 0.612. The van der Waals surface area contributed by atoms with Crippen molar-refractivity contribution < 1.29 is 0 Å². The second-order valence-electron chi connectivity index (χ2n) is 7.35. The Morgan fingerprint density at radius 3 is 2.55 bits per heavy atom. The zero-order chi connectivity index (χ0) is 19.8. The van der Waals surface area contributed by atoms with Crippen LogP contribution in [-0.4, -0.2) is 64.9 Å². The maximum absolute atomic E-state index is 4.77. The Hall–Kier alpha value is -2.71. The van der Waals surface area contributed by atoms with Crippen LogP contribution in [0.2, 0.25) is 0 Å². The third-order valence-corrected chi connectivity index (χ3v) is 5.90. The van der Waals surface area contributed by atoms with Crippen LogP contribution in [0.4, 0.5) is 11.5 Å². The topological polar surface area (TPSA) is 52.3 Å². The van der Waals surface area contributed by atoms with Crippen molar-refractivity contribution in [3.05, 3.63) is 65.3 Å². The number of fused-ring (bicyclic) bond motifs is 1. The molecule has 0 amide bonds. The van der Waals surface area contributed by atoms with Gasteiger partial charge >= 0.3 is 0 Å². The zero-order valence-corrected chi connectivity index (χ0v) is 17.8. The van der Waals surface area contributed by atoms with Crippen molar-refractivity contribution in [1.29, 1.82) is 0 Å². The van der Waals surface area contributed by atoms with Gasteiger partial charge in [-0.1, -0.05) is 0 Å². The lowest BCUT2D eigenvalue weighted by atomic mass is 10.2. The van der Waals surface area contributed by atoms with Crippen LogP contribution in [0.5, 0.6) is 0 Å². The van der Waals surface area contributed by atoms with E-state index in [1.54, 1.807) is 0 Å². The summed E-state index contributed by atoms with van der Waals surface area (Å²) in [5, 5.41) is 0. The number of aliphatic imine (C=N–C) groups is 1. The largest absolute Gasteiger partial charge is 0.354 e. The van der Waals surface area contributed by atoms with Gasteiger partial charge in [0.15, 0.2) is 0 Å². The van der Waals surface area contributed by atoms with Gasteiger partial charge in [-0.2, -0.15) is 0 Å².